The van der Waals surface area contributed by atoms with Gasteiger partial charge in [-0.3, -0.25) is 5.01 Å². The summed E-state index contributed by atoms with van der Waals surface area (Å²) in [7, 11) is 1.92. The molecule has 0 saturated carbocycles. The predicted octanol–water partition coefficient (Wildman–Crippen LogP) is 0.665. The number of hydrogen-bond donors (Lipinski definition) is 2. The van der Waals surface area contributed by atoms with Gasteiger partial charge in [0.05, 0.1) is 17.9 Å². The van der Waals surface area contributed by atoms with E-state index >= 15 is 0 Å². The first-order valence-corrected chi connectivity index (χ1v) is 4.84. The fraction of sp³-hybridized carbons (Fsp3) is 0.222. The molecule has 0 fully saturated rings. The summed E-state index contributed by atoms with van der Waals surface area (Å²) >= 11 is 6.01. The average Bonchev–Trinajstić information content (AvgIpc) is 2.23. The minimum absolute atomic E-state index is 0.446. The zero-order chi connectivity index (χ0) is 11.0. The van der Waals surface area contributed by atoms with Gasteiger partial charge in [-0.05, 0) is 6.07 Å². The highest BCUT2D eigenvalue weighted by molar-refractivity contribution is 6.32. The number of aromatic nitrogens is 1. The van der Waals surface area contributed by atoms with E-state index in [9.17, 15) is 0 Å². The topological polar surface area (TPSA) is 71.4 Å². The summed E-state index contributed by atoms with van der Waals surface area (Å²) in [6, 6.07) is 1.81. The van der Waals surface area contributed by atoms with Crippen molar-refractivity contribution in [1.82, 2.24) is 4.98 Å². The van der Waals surface area contributed by atoms with Crippen LogP contribution in [0, 0.1) is 0 Å². The third-order valence-electron chi connectivity index (χ3n) is 2.40. The van der Waals surface area contributed by atoms with Crippen molar-refractivity contribution >= 4 is 23.0 Å². The second-order valence-electron chi connectivity index (χ2n) is 3.35. The lowest BCUT2D eigenvalue weighted by Gasteiger charge is -2.35. The normalized spacial score (nSPS) is 18.2. The van der Waals surface area contributed by atoms with E-state index in [0.29, 0.717) is 11.7 Å². The van der Waals surface area contributed by atoms with Crippen LogP contribution in [0.25, 0.3) is 0 Å². The predicted molar refractivity (Wildman–Crippen MR) is 61.5 cm³/mol. The third kappa shape index (κ3) is 1.49. The number of nitrogens with zero attached hydrogens (tertiary/aromatic N) is 3. The van der Waals surface area contributed by atoms with Gasteiger partial charge in [-0.15, -0.1) is 0 Å². The van der Waals surface area contributed by atoms with Crippen molar-refractivity contribution in [1.29, 1.82) is 0 Å². The SMILES string of the molecule is CN1C/C(=C/N)N(N)c2ccnc(Cl)c21. The molecule has 6 heteroatoms. The van der Waals surface area contributed by atoms with E-state index in [1.807, 2.05) is 11.9 Å². The molecule has 0 atom stereocenters. The molecule has 0 saturated heterocycles. The van der Waals surface area contributed by atoms with Crippen LogP contribution in [0.4, 0.5) is 11.4 Å². The maximum atomic E-state index is 6.01. The third-order valence-corrected chi connectivity index (χ3v) is 2.68. The van der Waals surface area contributed by atoms with Crippen LogP contribution in [0.3, 0.4) is 0 Å². The Balaban J connectivity index is 2.58. The van der Waals surface area contributed by atoms with Crippen LogP contribution in [0.1, 0.15) is 0 Å². The van der Waals surface area contributed by atoms with Crippen molar-refractivity contribution in [3.8, 4) is 0 Å². The monoisotopic (exact) mass is 225 g/mol. The molecule has 0 spiro atoms. The van der Waals surface area contributed by atoms with Gasteiger partial charge in [-0.1, -0.05) is 11.6 Å². The van der Waals surface area contributed by atoms with Crippen molar-refractivity contribution in [2.75, 3.05) is 23.5 Å². The molecule has 1 aliphatic heterocycles. The summed E-state index contributed by atoms with van der Waals surface area (Å²) in [5, 5.41) is 1.98. The quantitative estimate of drug-likeness (QED) is 0.502. The summed E-state index contributed by atoms with van der Waals surface area (Å²) in [5.74, 6) is 5.90. The fourth-order valence-electron chi connectivity index (χ4n) is 1.65. The molecular weight excluding hydrogens is 214 g/mol. The average molecular weight is 226 g/mol. The highest BCUT2D eigenvalue weighted by atomic mass is 35.5. The van der Waals surface area contributed by atoms with Crippen molar-refractivity contribution in [3.05, 3.63) is 29.3 Å². The van der Waals surface area contributed by atoms with Crippen molar-refractivity contribution in [3.63, 3.8) is 0 Å². The zero-order valence-corrected chi connectivity index (χ0v) is 9.07. The lowest BCUT2D eigenvalue weighted by atomic mass is 10.2. The first-order valence-electron chi connectivity index (χ1n) is 4.46. The van der Waals surface area contributed by atoms with E-state index in [4.69, 9.17) is 23.2 Å². The minimum atomic E-state index is 0.446. The molecule has 1 aliphatic rings. The van der Waals surface area contributed by atoms with E-state index in [0.717, 1.165) is 17.1 Å². The molecule has 0 unspecified atom stereocenters. The van der Waals surface area contributed by atoms with Crippen molar-refractivity contribution in [2.45, 2.75) is 0 Å². The number of hydrazine groups is 1. The molecule has 2 heterocycles. The van der Waals surface area contributed by atoms with Gasteiger partial charge in [0.2, 0.25) is 0 Å². The molecule has 0 bridgehead atoms. The Kier molecular flexibility index (Phi) is 2.42. The van der Waals surface area contributed by atoms with Gasteiger partial charge >= 0.3 is 0 Å². The number of nitrogens with two attached hydrogens (primary N) is 2. The maximum Gasteiger partial charge on any atom is 0.154 e. The lowest BCUT2D eigenvalue weighted by molar-refractivity contribution is 0.843. The molecule has 4 N–H and O–H groups in total. The Labute approximate surface area is 92.9 Å². The van der Waals surface area contributed by atoms with Crippen LogP contribution in [0.2, 0.25) is 5.15 Å². The molecule has 2 rings (SSSR count). The molecule has 80 valence electrons. The van der Waals surface area contributed by atoms with E-state index in [1.54, 1.807) is 12.3 Å². The highest BCUT2D eigenvalue weighted by Crippen LogP contribution is 2.37. The number of hydrogen-bond acceptors (Lipinski definition) is 5. The number of halogens is 1. The number of pyridine rings is 1. The van der Waals surface area contributed by atoms with E-state index in [-0.39, 0.29) is 0 Å². The first kappa shape index (κ1) is 10.1. The second kappa shape index (κ2) is 3.60. The van der Waals surface area contributed by atoms with Crippen LogP contribution < -0.4 is 21.5 Å². The van der Waals surface area contributed by atoms with Gasteiger partial charge in [0.1, 0.15) is 5.69 Å². The Hall–Kier alpha value is -1.46. The molecule has 1 aromatic rings. The van der Waals surface area contributed by atoms with E-state index in [1.165, 1.54) is 11.2 Å². The van der Waals surface area contributed by atoms with Gasteiger partial charge < -0.3 is 10.6 Å². The second-order valence-corrected chi connectivity index (χ2v) is 3.71. The summed E-state index contributed by atoms with van der Waals surface area (Å²) < 4.78 is 0. The van der Waals surface area contributed by atoms with Crippen LogP contribution in [-0.4, -0.2) is 18.6 Å². The van der Waals surface area contributed by atoms with Gasteiger partial charge in [0.15, 0.2) is 5.15 Å². The molecule has 0 amide bonds. The van der Waals surface area contributed by atoms with Crippen molar-refractivity contribution < 1.29 is 0 Å². The van der Waals surface area contributed by atoms with Crippen LogP contribution in [0.15, 0.2) is 24.2 Å². The Morgan fingerprint density at radius 2 is 2.33 bits per heavy atom. The summed E-state index contributed by atoms with van der Waals surface area (Å²) in [6.45, 7) is 0.616. The Bertz CT molecular complexity index is 417. The number of likely N-dealkylation sites (N-methyl/N-ethyl adjacent to an activating group) is 1. The molecule has 0 aliphatic carbocycles. The van der Waals surface area contributed by atoms with Crippen molar-refractivity contribution in [2.24, 2.45) is 11.6 Å². The number of fused-ring (bicyclic) bond motifs is 1. The number of anilines is 2. The smallest absolute Gasteiger partial charge is 0.154 e. The summed E-state index contributed by atoms with van der Waals surface area (Å²) in [5.41, 5.74) is 7.95. The fourth-order valence-corrected chi connectivity index (χ4v) is 1.95. The standard InChI is InChI=1S/C9H12ClN5/c1-14-5-6(4-11)15(12)7-2-3-13-9(10)8(7)14/h2-4H,5,11-12H2,1H3/b6-4-. The first-order chi connectivity index (χ1) is 7.15. The Morgan fingerprint density at radius 1 is 1.60 bits per heavy atom. The van der Waals surface area contributed by atoms with Crippen LogP contribution in [-0.2, 0) is 0 Å². The lowest BCUT2D eigenvalue weighted by Crippen LogP contribution is -2.42. The molecule has 15 heavy (non-hydrogen) atoms. The number of rotatable bonds is 0. The van der Waals surface area contributed by atoms with Gasteiger partial charge in [0.25, 0.3) is 0 Å². The summed E-state index contributed by atoms with van der Waals surface area (Å²) in [6.07, 6.45) is 3.11. The molecule has 1 aromatic heterocycles. The largest absolute Gasteiger partial charge is 0.403 e. The minimum Gasteiger partial charge on any atom is -0.403 e. The Morgan fingerprint density at radius 3 is 3.00 bits per heavy atom. The van der Waals surface area contributed by atoms with Gasteiger partial charge in [-0.2, -0.15) is 0 Å². The molecule has 5 nitrogen and oxygen atoms in total. The van der Waals surface area contributed by atoms with Gasteiger partial charge in [-0.25, -0.2) is 10.8 Å². The van der Waals surface area contributed by atoms with E-state index < -0.39 is 0 Å². The maximum absolute atomic E-state index is 6.01. The van der Waals surface area contributed by atoms with Gasteiger partial charge in [0, 0.05) is 19.4 Å². The molecule has 0 radical (unpaired) electrons. The molecule has 0 aromatic carbocycles. The molecular formula is C9H12ClN5. The van der Waals surface area contributed by atoms with E-state index in [2.05, 4.69) is 4.98 Å². The summed E-state index contributed by atoms with van der Waals surface area (Å²) in [4.78, 5) is 5.98. The highest BCUT2D eigenvalue weighted by Gasteiger charge is 2.24. The van der Waals surface area contributed by atoms with Crippen LogP contribution in [0.5, 0.6) is 0 Å². The zero-order valence-electron chi connectivity index (χ0n) is 8.31. The van der Waals surface area contributed by atoms with Crippen LogP contribution >= 0.6 is 11.6 Å².